The highest BCUT2D eigenvalue weighted by Crippen LogP contribution is 2.38. The Morgan fingerprint density at radius 3 is 2.08 bits per heavy atom. The lowest BCUT2D eigenvalue weighted by Crippen LogP contribution is -1.97. The number of para-hydroxylation sites is 2. The second-order valence-electron chi connectivity index (χ2n) is 10.3. The van der Waals surface area contributed by atoms with Crippen LogP contribution in [0.4, 0.5) is 0 Å². The van der Waals surface area contributed by atoms with Gasteiger partial charge in [0.2, 0.25) is 0 Å². The summed E-state index contributed by atoms with van der Waals surface area (Å²) in [5.41, 5.74) is 13.6. The van der Waals surface area contributed by atoms with Crippen molar-refractivity contribution in [2.75, 3.05) is 0 Å². The lowest BCUT2D eigenvalue weighted by atomic mass is 9.93. The van der Waals surface area contributed by atoms with E-state index in [1.807, 2.05) is 18.4 Å². The van der Waals surface area contributed by atoms with Gasteiger partial charge >= 0.3 is 0 Å². The molecule has 0 aliphatic rings. The Balaban J connectivity index is 1.41. The van der Waals surface area contributed by atoms with Crippen molar-refractivity contribution in [2.24, 2.45) is 0 Å². The zero-order valence-electron chi connectivity index (χ0n) is 22.3. The van der Waals surface area contributed by atoms with Crippen LogP contribution in [0.3, 0.4) is 0 Å². The minimum Gasteiger partial charge on any atom is -0.464 e. The Hall–Kier alpha value is -4.89. The van der Waals surface area contributed by atoms with Crippen molar-refractivity contribution in [1.82, 2.24) is 9.55 Å². The largest absolute Gasteiger partial charge is 0.464 e. The van der Waals surface area contributed by atoms with Gasteiger partial charge in [-0.25, -0.2) is 4.98 Å². The quantitative estimate of drug-likeness (QED) is 0.239. The first-order chi connectivity index (χ1) is 19.1. The van der Waals surface area contributed by atoms with E-state index in [0.29, 0.717) is 0 Å². The lowest BCUT2D eigenvalue weighted by Gasteiger charge is -2.12. The van der Waals surface area contributed by atoms with Gasteiger partial charge < -0.3 is 4.42 Å². The normalized spacial score (nSPS) is 11.5. The van der Waals surface area contributed by atoms with Crippen molar-refractivity contribution in [2.45, 2.75) is 20.8 Å². The maximum Gasteiger partial charge on any atom is 0.149 e. The molecule has 0 saturated heterocycles. The molecule has 0 amide bonds. The first-order valence-corrected chi connectivity index (χ1v) is 13.3. The summed E-state index contributed by atoms with van der Waals surface area (Å²) >= 11 is 0. The van der Waals surface area contributed by atoms with E-state index in [2.05, 4.69) is 122 Å². The third kappa shape index (κ3) is 3.95. The SMILES string of the molecule is Cc1cc(C)c(-c2ccc3occ(-c4nc5ccccc5n4-c4ccc(-c5ccccc5)cc4)c3c2)c(C)c1. The van der Waals surface area contributed by atoms with Gasteiger partial charge in [0, 0.05) is 11.1 Å². The van der Waals surface area contributed by atoms with Crippen molar-refractivity contribution in [3.05, 3.63) is 132 Å². The lowest BCUT2D eigenvalue weighted by molar-refractivity contribution is 0.616. The second-order valence-corrected chi connectivity index (χ2v) is 10.3. The van der Waals surface area contributed by atoms with Crippen LogP contribution < -0.4 is 0 Å². The summed E-state index contributed by atoms with van der Waals surface area (Å²) in [6, 6.07) is 38.5. The molecular formula is C36H28N2O. The highest BCUT2D eigenvalue weighted by molar-refractivity contribution is 5.98. The van der Waals surface area contributed by atoms with E-state index >= 15 is 0 Å². The fourth-order valence-electron chi connectivity index (χ4n) is 5.89. The van der Waals surface area contributed by atoms with Gasteiger partial charge in [-0.05, 0) is 90.6 Å². The van der Waals surface area contributed by atoms with Crippen LogP contribution in [-0.4, -0.2) is 9.55 Å². The molecular weight excluding hydrogens is 476 g/mol. The summed E-state index contributed by atoms with van der Waals surface area (Å²) < 4.78 is 8.32. The average molecular weight is 505 g/mol. The molecule has 188 valence electrons. The van der Waals surface area contributed by atoms with Gasteiger partial charge in [0.15, 0.2) is 0 Å². The Kier molecular flexibility index (Phi) is 5.45. The third-order valence-electron chi connectivity index (χ3n) is 7.57. The zero-order chi connectivity index (χ0) is 26.5. The molecule has 39 heavy (non-hydrogen) atoms. The average Bonchev–Trinajstić information content (AvgIpc) is 3.54. The molecule has 2 aromatic heterocycles. The summed E-state index contributed by atoms with van der Waals surface area (Å²) in [6.45, 7) is 6.53. The van der Waals surface area contributed by atoms with Crippen molar-refractivity contribution < 1.29 is 4.42 Å². The molecule has 0 aliphatic heterocycles. The number of imidazole rings is 1. The number of aryl methyl sites for hydroxylation is 3. The molecule has 0 spiro atoms. The highest BCUT2D eigenvalue weighted by Gasteiger charge is 2.19. The van der Waals surface area contributed by atoms with Crippen molar-refractivity contribution in [3.8, 4) is 39.3 Å². The van der Waals surface area contributed by atoms with Crippen LogP contribution in [0.15, 0.2) is 120 Å². The van der Waals surface area contributed by atoms with Crippen LogP contribution in [0.25, 0.3) is 61.3 Å². The van der Waals surface area contributed by atoms with E-state index in [9.17, 15) is 0 Å². The molecule has 5 aromatic carbocycles. The predicted octanol–water partition coefficient (Wildman–Crippen LogP) is 9.70. The topological polar surface area (TPSA) is 31.0 Å². The summed E-state index contributed by atoms with van der Waals surface area (Å²) in [7, 11) is 0. The minimum atomic E-state index is 0.856. The number of fused-ring (bicyclic) bond motifs is 2. The Bertz CT molecular complexity index is 1950. The van der Waals surface area contributed by atoms with Crippen LogP contribution in [0.1, 0.15) is 16.7 Å². The van der Waals surface area contributed by atoms with Crippen LogP contribution in [0.2, 0.25) is 0 Å². The van der Waals surface area contributed by atoms with Gasteiger partial charge in [-0.2, -0.15) is 0 Å². The molecule has 3 nitrogen and oxygen atoms in total. The molecule has 0 unspecified atom stereocenters. The number of furan rings is 1. The van der Waals surface area contributed by atoms with Gasteiger partial charge in [-0.3, -0.25) is 4.57 Å². The first-order valence-electron chi connectivity index (χ1n) is 13.3. The summed E-state index contributed by atoms with van der Waals surface area (Å²) in [6.07, 6.45) is 1.85. The summed E-state index contributed by atoms with van der Waals surface area (Å²) in [4.78, 5) is 5.11. The van der Waals surface area contributed by atoms with E-state index in [4.69, 9.17) is 9.40 Å². The first kappa shape index (κ1) is 23.2. The fraction of sp³-hybridized carbons (Fsp3) is 0.0833. The van der Waals surface area contributed by atoms with Crippen LogP contribution in [0, 0.1) is 20.8 Å². The summed E-state index contributed by atoms with van der Waals surface area (Å²) in [5.74, 6) is 0.872. The van der Waals surface area contributed by atoms with E-state index in [1.54, 1.807) is 0 Å². The Morgan fingerprint density at radius 1 is 0.641 bits per heavy atom. The Labute approximate surface area is 228 Å². The second kappa shape index (κ2) is 9.14. The standard InChI is InChI=1S/C36H28N2O/c1-23-19-24(2)35(25(3)20-23)28-15-18-34-30(21-28)31(22-39-34)36-37-32-11-7-8-12-33(32)38(36)29-16-13-27(14-17-29)26-9-5-4-6-10-26/h4-22H,1-3H3. The van der Waals surface area contributed by atoms with Crippen molar-refractivity contribution in [1.29, 1.82) is 0 Å². The number of nitrogens with zero attached hydrogens (tertiary/aromatic N) is 2. The number of benzene rings is 5. The van der Waals surface area contributed by atoms with Gasteiger partial charge in [-0.1, -0.05) is 78.4 Å². The Morgan fingerprint density at radius 2 is 1.31 bits per heavy atom. The summed E-state index contributed by atoms with van der Waals surface area (Å²) in [5, 5.41) is 1.06. The third-order valence-corrected chi connectivity index (χ3v) is 7.57. The number of aromatic nitrogens is 2. The van der Waals surface area contributed by atoms with Gasteiger partial charge in [-0.15, -0.1) is 0 Å². The molecule has 0 saturated carbocycles. The van der Waals surface area contributed by atoms with Crippen molar-refractivity contribution in [3.63, 3.8) is 0 Å². The molecule has 0 radical (unpaired) electrons. The van der Waals surface area contributed by atoms with E-state index in [1.165, 1.54) is 38.9 Å². The fourth-order valence-corrected chi connectivity index (χ4v) is 5.89. The predicted molar refractivity (Wildman–Crippen MR) is 161 cm³/mol. The molecule has 7 rings (SSSR count). The molecule has 7 aromatic rings. The van der Waals surface area contributed by atoms with Crippen LogP contribution in [0.5, 0.6) is 0 Å². The molecule has 3 heteroatoms. The highest BCUT2D eigenvalue weighted by atomic mass is 16.3. The van der Waals surface area contributed by atoms with Crippen LogP contribution in [-0.2, 0) is 0 Å². The zero-order valence-corrected chi connectivity index (χ0v) is 22.3. The van der Waals surface area contributed by atoms with E-state index in [-0.39, 0.29) is 0 Å². The van der Waals surface area contributed by atoms with Crippen LogP contribution >= 0.6 is 0 Å². The smallest absolute Gasteiger partial charge is 0.149 e. The molecule has 0 atom stereocenters. The molecule has 2 heterocycles. The number of rotatable bonds is 4. The molecule has 0 fully saturated rings. The molecule has 0 aliphatic carbocycles. The minimum absolute atomic E-state index is 0.856. The molecule has 0 bridgehead atoms. The maximum absolute atomic E-state index is 6.08. The maximum atomic E-state index is 6.08. The van der Waals surface area contributed by atoms with E-state index in [0.717, 1.165) is 39.1 Å². The van der Waals surface area contributed by atoms with E-state index < -0.39 is 0 Å². The van der Waals surface area contributed by atoms with Gasteiger partial charge in [0.25, 0.3) is 0 Å². The number of hydrogen-bond acceptors (Lipinski definition) is 2. The molecule has 0 N–H and O–H groups in total. The van der Waals surface area contributed by atoms with Gasteiger partial charge in [0.05, 0.1) is 16.6 Å². The monoisotopic (exact) mass is 504 g/mol. The van der Waals surface area contributed by atoms with Gasteiger partial charge in [0.1, 0.15) is 17.7 Å². The number of hydrogen-bond donors (Lipinski definition) is 0. The van der Waals surface area contributed by atoms with Crippen molar-refractivity contribution >= 4 is 22.0 Å².